The van der Waals surface area contributed by atoms with Gasteiger partial charge < -0.3 is 14.8 Å². The van der Waals surface area contributed by atoms with Crippen molar-refractivity contribution in [3.63, 3.8) is 0 Å². The highest BCUT2D eigenvalue weighted by Gasteiger charge is 2.12. The molecule has 0 unspecified atom stereocenters. The maximum atomic E-state index is 12.4. The zero-order chi connectivity index (χ0) is 18.4. The van der Waals surface area contributed by atoms with E-state index in [1.54, 1.807) is 25.3 Å². The Morgan fingerprint density at radius 2 is 1.84 bits per heavy atom. The predicted molar refractivity (Wildman–Crippen MR) is 94.1 cm³/mol. The molecule has 8 heteroatoms. The van der Waals surface area contributed by atoms with Gasteiger partial charge in [-0.05, 0) is 49.4 Å². The van der Waals surface area contributed by atoms with Gasteiger partial charge in [0.15, 0.2) is 0 Å². The van der Waals surface area contributed by atoms with Gasteiger partial charge in [-0.1, -0.05) is 0 Å². The highest BCUT2D eigenvalue weighted by Crippen LogP contribution is 2.22. The highest BCUT2D eigenvalue weighted by molar-refractivity contribution is 7.89. The van der Waals surface area contributed by atoms with Gasteiger partial charge in [0.05, 0.1) is 18.1 Å². The summed E-state index contributed by atoms with van der Waals surface area (Å²) in [6.07, 6.45) is 0. The third-order valence-corrected chi connectivity index (χ3v) is 4.29. The van der Waals surface area contributed by atoms with E-state index in [4.69, 9.17) is 14.6 Å². The van der Waals surface area contributed by atoms with Gasteiger partial charge in [0, 0.05) is 23.9 Å². The first kappa shape index (κ1) is 18.9. The number of amides is 1. The molecule has 0 fully saturated rings. The minimum Gasteiger partial charge on any atom is -0.494 e. The number of nitrogens with one attached hydrogen (secondary N) is 1. The van der Waals surface area contributed by atoms with Crippen LogP contribution in [0.5, 0.6) is 5.75 Å². The molecule has 0 atom stereocenters. The first-order valence-corrected chi connectivity index (χ1v) is 9.08. The van der Waals surface area contributed by atoms with Crippen LogP contribution in [0.1, 0.15) is 22.8 Å². The van der Waals surface area contributed by atoms with E-state index in [1.807, 2.05) is 6.92 Å². The monoisotopic (exact) mass is 364 g/mol. The first-order valence-electron chi connectivity index (χ1n) is 7.54. The standard InChI is InChI=1S/C17H20N2O5S/c1-3-24-16-9-4-12(10-13(16)11-23-2)17(20)19-14-5-7-15(8-6-14)25(18,21)22/h4-10H,3,11H2,1-2H3,(H,19,20)(H2,18,21,22). The average Bonchev–Trinajstić information content (AvgIpc) is 2.56. The minimum absolute atomic E-state index is 0.0195. The molecule has 7 nitrogen and oxygen atoms in total. The van der Waals surface area contributed by atoms with Crippen molar-refractivity contribution in [2.24, 2.45) is 5.14 Å². The maximum absolute atomic E-state index is 12.4. The molecule has 0 aliphatic rings. The smallest absolute Gasteiger partial charge is 0.255 e. The van der Waals surface area contributed by atoms with Gasteiger partial charge in [0.1, 0.15) is 5.75 Å². The van der Waals surface area contributed by atoms with E-state index in [0.717, 1.165) is 5.56 Å². The van der Waals surface area contributed by atoms with Gasteiger partial charge in [-0.2, -0.15) is 0 Å². The van der Waals surface area contributed by atoms with Crippen molar-refractivity contribution in [1.82, 2.24) is 0 Å². The van der Waals surface area contributed by atoms with E-state index >= 15 is 0 Å². The normalized spacial score (nSPS) is 11.2. The molecule has 0 aromatic heterocycles. The van der Waals surface area contributed by atoms with E-state index in [1.165, 1.54) is 24.3 Å². The number of methoxy groups -OCH3 is 1. The number of ether oxygens (including phenoxy) is 2. The Bertz CT molecular complexity index is 848. The molecule has 0 saturated heterocycles. The fourth-order valence-corrected chi connectivity index (χ4v) is 2.73. The zero-order valence-electron chi connectivity index (χ0n) is 14.0. The fourth-order valence-electron chi connectivity index (χ4n) is 2.22. The number of sulfonamides is 1. The van der Waals surface area contributed by atoms with Crippen molar-refractivity contribution >= 4 is 21.6 Å². The number of carbonyl (C=O) groups is 1. The summed E-state index contributed by atoms with van der Waals surface area (Å²) < 4.78 is 33.1. The van der Waals surface area contributed by atoms with Crippen LogP contribution in [0, 0.1) is 0 Å². The average molecular weight is 364 g/mol. The molecule has 2 aromatic rings. The second-order valence-corrected chi connectivity index (χ2v) is 6.77. The van der Waals surface area contributed by atoms with Crippen molar-refractivity contribution in [3.8, 4) is 5.75 Å². The molecule has 2 rings (SSSR count). The van der Waals surface area contributed by atoms with Crippen LogP contribution in [0.3, 0.4) is 0 Å². The van der Waals surface area contributed by atoms with Crippen molar-refractivity contribution in [1.29, 1.82) is 0 Å². The molecule has 1 amide bonds. The second kappa shape index (κ2) is 8.11. The Morgan fingerprint density at radius 3 is 2.40 bits per heavy atom. The number of nitrogens with two attached hydrogens (primary N) is 1. The Balaban J connectivity index is 2.18. The van der Waals surface area contributed by atoms with Crippen LogP contribution in [0.2, 0.25) is 0 Å². The lowest BCUT2D eigenvalue weighted by Crippen LogP contribution is -2.14. The molecule has 0 radical (unpaired) electrons. The number of rotatable bonds is 7. The van der Waals surface area contributed by atoms with Crippen LogP contribution in [-0.2, 0) is 21.4 Å². The molecule has 134 valence electrons. The molecule has 0 aliphatic carbocycles. The zero-order valence-corrected chi connectivity index (χ0v) is 14.8. The molecule has 3 N–H and O–H groups in total. The highest BCUT2D eigenvalue weighted by atomic mass is 32.2. The number of hydrogen-bond acceptors (Lipinski definition) is 5. The first-order chi connectivity index (χ1) is 11.8. The third kappa shape index (κ3) is 5.02. The maximum Gasteiger partial charge on any atom is 0.255 e. The molecule has 0 spiro atoms. The van der Waals surface area contributed by atoms with Crippen LogP contribution in [0.4, 0.5) is 5.69 Å². The van der Waals surface area contributed by atoms with Gasteiger partial charge in [-0.3, -0.25) is 4.79 Å². The lowest BCUT2D eigenvalue weighted by atomic mass is 10.1. The molecular formula is C17H20N2O5S. The fraction of sp³-hybridized carbons (Fsp3) is 0.235. The number of anilines is 1. The quantitative estimate of drug-likeness (QED) is 0.782. The Hall–Kier alpha value is -2.42. The van der Waals surface area contributed by atoms with Crippen molar-refractivity contribution in [3.05, 3.63) is 53.6 Å². The van der Waals surface area contributed by atoms with Crippen LogP contribution in [0.25, 0.3) is 0 Å². The Labute approximate surface area is 146 Å². The predicted octanol–water partition coefficient (Wildman–Crippen LogP) is 2.13. The minimum atomic E-state index is -3.76. The van der Waals surface area contributed by atoms with E-state index in [0.29, 0.717) is 30.2 Å². The molecule has 2 aromatic carbocycles. The molecular weight excluding hydrogens is 344 g/mol. The summed E-state index contributed by atoms with van der Waals surface area (Å²) >= 11 is 0. The summed E-state index contributed by atoms with van der Waals surface area (Å²) in [5.74, 6) is 0.335. The van der Waals surface area contributed by atoms with Crippen LogP contribution < -0.4 is 15.2 Å². The summed E-state index contributed by atoms with van der Waals surface area (Å²) in [6.45, 7) is 2.71. The van der Waals surface area contributed by atoms with Gasteiger partial charge in [0.25, 0.3) is 5.91 Å². The number of carbonyl (C=O) groups excluding carboxylic acids is 1. The van der Waals surface area contributed by atoms with Gasteiger partial charge in [-0.15, -0.1) is 0 Å². The van der Waals surface area contributed by atoms with Crippen LogP contribution in [-0.4, -0.2) is 28.0 Å². The van der Waals surface area contributed by atoms with E-state index in [2.05, 4.69) is 5.32 Å². The number of primary sulfonamides is 1. The number of benzene rings is 2. The lowest BCUT2D eigenvalue weighted by molar-refractivity contribution is 0.102. The van der Waals surface area contributed by atoms with Gasteiger partial charge >= 0.3 is 0 Å². The van der Waals surface area contributed by atoms with Crippen molar-refractivity contribution in [2.75, 3.05) is 19.0 Å². The summed E-state index contributed by atoms with van der Waals surface area (Å²) in [5.41, 5.74) is 1.66. The summed E-state index contributed by atoms with van der Waals surface area (Å²) in [7, 11) is -2.20. The van der Waals surface area contributed by atoms with Crippen molar-refractivity contribution < 1.29 is 22.7 Å². The van der Waals surface area contributed by atoms with Crippen LogP contribution >= 0.6 is 0 Å². The Morgan fingerprint density at radius 1 is 1.16 bits per heavy atom. The van der Waals surface area contributed by atoms with Crippen LogP contribution in [0.15, 0.2) is 47.4 Å². The van der Waals surface area contributed by atoms with E-state index < -0.39 is 10.0 Å². The second-order valence-electron chi connectivity index (χ2n) is 5.21. The van der Waals surface area contributed by atoms with E-state index in [-0.39, 0.29) is 10.8 Å². The lowest BCUT2D eigenvalue weighted by Gasteiger charge is -2.12. The number of hydrogen-bond donors (Lipinski definition) is 2. The molecule has 0 aliphatic heterocycles. The van der Waals surface area contributed by atoms with Gasteiger partial charge in [0.2, 0.25) is 10.0 Å². The van der Waals surface area contributed by atoms with Gasteiger partial charge in [-0.25, -0.2) is 13.6 Å². The SMILES string of the molecule is CCOc1ccc(C(=O)Nc2ccc(S(N)(=O)=O)cc2)cc1COC. The topological polar surface area (TPSA) is 108 Å². The molecule has 25 heavy (non-hydrogen) atoms. The summed E-state index contributed by atoms with van der Waals surface area (Å²) in [4.78, 5) is 12.4. The summed E-state index contributed by atoms with van der Waals surface area (Å²) in [5, 5.41) is 7.75. The third-order valence-electron chi connectivity index (χ3n) is 3.36. The van der Waals surface area contributed by atoms with E-state index in [9.17, 15) is 13.2 Å². The summed E-state index contributed by atoms with van der Waals surface area (Å²) in [6, 6.07) is 10.7. The Kier molecular flexibility index (Phi) is 6.13. The molecule has 0 saturated carbocycles. The molecule has 0 heterocycles. The molecule has 0 bridgehead atoms. The van der Waals surface area contributed by atoms with Crippen molar-refractivity contribution in [2.45, 2.75) is 18.4 Å². The largest absolute Gasteiger partial charge is 0.494 e.